The van der Waals surface area contributed by atoms with E-state index in [1.165, 1.54) is 0 Å². The van der Waals surface area contributed by atoms with E-state index in [-0.39, 0.29) is 10.8 Å². The van der Waals surface area contributed by atoms with Crippen molar-refractivity contribution in [2.45, 2.75) is 58.3 Å². The van der Waals surface area contributed by atoms with E-state index in [1.54, 1.807) is 0 Å². The van der Waals surface area contributed by atoms with Crippen LogP contribution in [-0.2, 0) is 24.3 Å². The molecule has 0 aromatic carbocycles. The van der Waals surface area contributed by atoms with E-state index in [4.69, 9.17) is 10.1 Å². The van der Waals surface area contributed by atoms with Gasteiger partial charge in [-0.1, -0.05) is 34.6 Å². The van der Waals surface area contributed by atoms with Crippen LogP contribution < -0.4 is 0 Å². The Bertz CT molecular complexity index is 1140. The van der Waals surface area contributed by atoms with Crippen LogP contribution in [0.1, 0.15) is 58.3 Å². The molecule has 0 saturated heterocycles. The number of aryl methyl sites for hydroxylation is 2. The Morgan fingerprint density at radius 3 is 2.57 bits per heavy atom. The predicted molar refractivity (Wildman–Crippen MR) is 112 cm³/mol. The molecule has 0 aliphatic rings. The van der Waals surface area contributed by atoms with Crippen LogP contribution in [0.25, 0.3) is 16.6 Å². The van der Waals surface area contributed by atoms with Gasteiger partial charge in [-0.15, -0.1) is 0 Å². The van der Waals surface area contributed by atoms with Crippen LogP contribution in [0, 0.1) is 0 Å². The summed E-state index contributed by atoms with van der Waals surface area (Å²) in [6.07, 6.45) is 9.39. The number of aromatic nitrogens is 6. The molecule has 0 bridgehead atoms. The minimum Gasteiger partial charge on any atom is -0.300 e. The molecule has 0 N–H and O–H groups in total. The van der Waals surface area contributed by atoms with Crippen LogP contribution >= 0.6 is 0 Å². The van der Waals surface area contributed by atoms with Gasteiger partial charge in [0, 0.05) is 48.3 Å². The zero-order chi connectivity index (χ0) is 20.1. The van der Waals surface area contributed by atoms with Gasteiger partial charge in [0.25, 0.3) is 0 Å². The Hall–Kier alpha value is -2.76. The largest absolute Gasteiger partial charge is 0.300 e. The number of rotatable bonds is 4. The molecule has 4 heterocycles. The van der Waals surface area contributed by atoms with Crippen molar-refractivity contribution in [1.82, 2.24) is 29.1 Å². The van der Waals surface area contributed by atoms with Crippen LogP contribution in [0.2, 0.25) is 0 Å². The molecular weight excluding hydrogens is 348 g/mol. The summed E-state index contributed by atoms with van der Waals surface area (Å²) in [4.78, 5) is 13.8. The number of hydrogen-bond acceptors (Lipinski definition) is 4. The molecule has 0 atom stereocenters. The molecule has 4 aromatic heterocycles. The lowest BCUT2D eigenvalue weighted by molar-refractivity contribution is 0.456. The highest BCUT2D eigenvalue weighted by Gasteiger charge is 2.29. The summed E-state index contributed by atoms with van der Waals surface area (Å²) >= 11 is 0. The third-order valence-electron chi connectivity index (χ3n) is 5.44. The van der Waals surface area contributed by atoms with Gasteiger partial charge in [-0.2, -0.15) is 5.10 Å². The lowest BCUT2D eigenvalue weighted by Crippen LogP contribution is -2.20. The van der Waals surface area contributed by atoms with Gasteiger partial charge in [-0.25, -0.2) is 9.97 Å². The monoisotopic (exact) mass is 376 g/mol. The van der Waals surface area contributed by atoms with Crippen LogP contribution in [-0.4, -0.2) is 29.1 Å². The molecule has 0 aliphatic heterocycles. The van der Waals surface area contributed by atoms with Crippen molar-refractivity contribution in [3.63, 3.8) is 0 Å². The summed E-state index contributed by atoms with van der Waals surface area (Å²) in [7, 11) is 1.96. The molecule has 146 valence electrons. The Kier molecular flexibility index (Phi) is 4.25. The average Bonchev–Trinajstić information content (AvgIpc) is 3.19. The molecule has 0 unspecified atom stereocenters. The van der Waals surface area contributed by atoms with Gasteiger partial charge in [-0.05, 0) is 18.6 Å². The fourth-order valence-corrected chi connectivity index (χ4v) is 3.86. The summed E-state index contributed by atoms with van der Waals surface area (Å²) < 4.78 is 4.06. The highest BCUT2D eigenvalue weighted by atomic mass is 15.3. The second-order valence-electron chi connectivity index (χ2n) is 9.19. The molecule has 0 radical (unpaired) electrons. The lowest BCUT2D eigenvalue weighted by Gasteiger charge is -2.22. The summed E-state index contributed by atoms with van der Waals surface area (Å²) in [5.74, 6) is 1.08. The number of pyridine rings is 1. The van der Waals surface area contributed by atoms with Crippen molar-refractivity contribution < 1.29 is 0 Å². The molecule has 28 heavy (non-hydrogen) atoms. The van der Waals surface area contributed by atoms with Crippen LogP contribution in [0.3, 0.4) is 0 Å². The highest BCUT2D eigenvalue weighted by molar-refractivity contribution is 5.79. The zero-order valence-electron chi connectivity index (χ0n) is 17.6. The van der Waals surface area contributed by atoms with E-state index in [1.807, 2.05) is 42.6 Å². The number of hydrogen-bond donors (Lipinski definition) is 0. The van der Waals surface area contributed by atoms with Gasteiger partial charge >= 0.3 is 0 Å². The molecule has 0 spiro atoms. The normalized spacial score (nSPS) is 12.9. The van der Waals surface area contributed by atoms with Crippen molar-refractivity contribution in [2.24, 2.45) is 7.05 Å². The fraction of sp³-hybridized carbons (Fsp3) is 0.455. The maximum Gasteiger partial charge on any atom is 0.157 e. The molecule has 6 nitrogen and oxygen atoms in total. The van der Waals surface area contributed by atoms with E-state index in [0.29, 0.717) is 0 Å². The lowest BCUT2D eigenvalue weighted by atomic mass is 9.83. The van der Waals surface area contributed by atoms with Crippen molar-refractivity contribution in [3.8, 4) is 0 Å². The van der Waals surface area contributed by atoms with Crippen molar-refractivity contribution in [1.29, 1.82) is 0 Å². The minimum atomic E-state index is -0.0939. The first-order valence-electron chi connectivity index (χ1n) is 9.78. The van der Waals surface area contributed by atoms with Gasteiger partial charge in [0.05, 0.1) is 23.1 Å². The van der Waals surface area contributed by atoms with Gasteiger partial charge in [-0.3, -0.25) is 9.67 Å². The van der Waals surface area contributed by atoms with E-state index in [9.17, 15) is 0 Å². The molecular formula is C22H28N6. The molecule has 4 rings (SSSR count). The molecule has 0 fully saturated rings. The summed E-state index contributed by atoms with van der Waals surface area (Å²) in [6.45, 7) is 11.1. The molecule has 0 saturated carbocycles. The first-order valence-corrected chi connectivity index (χ1v) is 9.78. The van der Waals surface area contributed by atoms with Gasteiger partial charge in [0.15, 0.2) is 5.65 Å². The average molecular weight is 377 g/mol. The number of imidazole rings is 1. The van der Waals surface area contributed by atoms with Crippen LogP contribution in [0.4, 0.5) is 0 Å². The Labute approximate surface area is 165 Å². The Morgan fingerprint density at radius 1 is 1.04 bits per heavy atom. The van der Waals surface area contributed by atoms with Gasteiger partial charge in [0.1, 0.15) is 5.82 Å². The number of nitrogens with zero attached hydrogens (tertiary/aromatic N) is 6. The zero-order valence-corrected chi connectivity index (χ0v) is 17.6. The van der Waals surface area contributed by atoms with Crippen LogP contribution in [0.15, 0.2) is 36.9 Å². The van der Waals surface area contributed by atoms with E-state index < -0.39 is 0 Å². The standard InChI is InChI=1S/C22H28N6/c1-21(2,3)19-16-14-23-12-13-28(16)17(25-19)9-10-22(4,5)18-15-8-7-11-24-20(15)27(6)26-18/h7-8,11-14H,9-10H2,1-6H3. The number of fused-ring (bicyclic) bond motifs is 2. The third kappa shape index (κ3) is 3.07. The van der Waals surface area contributed by atoms with E-state index in [0.717, 1.165) is 46.6 Å². The first-order chi connectivity index (χ1) is 13.2. The Morgan fingerprint density at radius 2 is 1.82 bits per heavy atom. The maximum absolute atomic E-state index is 5.01. The second kappa shape index (κ2) is 6.40. The van der Waals surface area contributed by atoms with E-state index in [2.05, 4.69) is 55.1 Å². The molecule has 0 aliphatic carbocycles. The topological polar surface area (TPSA) is 60.9 Å². The first kappa shape index (κ1) is 18.6. The maximum atomic E-state index is 5.01. The van der Waals surface area contributed by atoms with Crippen molar-refractivity contribution in [3.05, 3.63) is 54.1 Å². The van der Waals surface area contributed by atoms with Crippen LogP contribution in [0.5, 0.6) is 0 Å². The quantitative estimate of drug-likeness (QED) is 0.535. The minimum absolute atomic E-state index is 0.0229. The summed E-state index contributed by atoms with van der Waals surface area (Å²) in [5.41, 5.74) is 4.10. The second-order valence-corrected chi connectivity index (χ2v) is 9.19. The smallest absolute Gasteiger partial charge is 0.157 e. The molecule has 4 aromatic rings. The highest BCUT2D eigenvalue weighted by Crippen LogP contribution is 2.33. The SMILES string of the molecule is Cn1nc(C(C)(C)CCc2nc(C(C)(C)C)c3cnccn23)c2cccnc21. The predicted octanol–water partition coefficient (Wildman–Crippen LogP) is 4.22. The fourth-order valence-electron chi connectivity index (χ4n) is 3.86. The Balaban J connectivity index is 1.69. The molecule has 6 heteroatoms. The van der Waals surface area contributed by atoms with Gasteiger partial charge in [0.2, 0.25) is 0 Å². The summed E-state index contributed by atoms with van der Waals surface area (Å²) in [6, 6.07) is 4.09. The van der Waals surface area contributed by atoms with Crippen molar-refractivity contribution in [2.75, 3.05) is 0 Å². The van der Waals surface area contributed by atoms with Gasteiger partial charge < -0.3 is 4.40 Å². The van der Waals surface area contributed by atoms with E-state index >= 15 is 0 Å². The van der Waals surface area contributed by atoms with Crippen molar-refractivity contribution >= 4 is 16.6 Å². The molecule has 0 amide bonds. The summed E-state index contributed by atoms with van der Waals surface area (Å²) in [5, 5.41) is 5.92. The third-order valence-corrected chi connectivity index (χ3v) is 5.44.